The molecule has 1 aromatic carbocycles. The van der Waals surface area contributed by atoms with Gasteiger partial charge in [-0.05, 0) is 37.5 Å². The number of amides is 1. The first kappa shape index (κ1) is 23.3. The number of nitrogens with zero attached hydrogens (tertiary/aromatic N) is 2. The number of carbonyl (C=O) groups is 2. The van der Waals surface area contributed by atoms with E-state index in [0.29, 0.717) is 35.3 Å². The van der Waals surface area contributed by atoms with Crippen molar-refractivity contribution in [2.45, 2.75) is 44.8 Å². The van der Waals surface area contributed by atoms with E-state index in [1.807, 2.05) is 24.3 Å². The summed E-state index contributed by atoms with van der Waals surface area (Å²) in [6.45, 7) is 2.98. The molecule has 2 atom stereocenters. The van der Waals surface area contributed by atoms with Crippen LogP contribution >= 0.6 is 11.6 Å². The summed E-state index contributed by atoms with van der Waals surface area (Å²) in [4.78, 5) is 32.3. The van der Waals surface area contributed by atoms with Crippen molar-refractivity contribution >= 4 is 23.5 Å². The number of esters is 1. The van der Waals surface area contributed by atoms with Crippen molar-refractivity contribution in [3.63, 3.8) is 0 Å². The van der Waals surface area contributed by atoms with E-state index in [9.17, 15) is 9.59 Å². The minimum absolute atomic E-state index is 0.0245. The molecule has 1 aromatic heterocycles. The van der Waals surface area contributed by atoms with E-state index in [4.69, 9.17) is 25.8 Å². The van der Waals surface area contributed by atoms with Crippen molar-refractivity contribution in [1.82, 2.24) is 9.88 Å². The van der Waals surface area contributed by atoms with Gasteiger partial charge in [-0.2, -0.15) is 0 Å². The van der Waals surface area contributed by atoms with Crippen LogP contribution in [0.1, 0.15) is 43.2 Å². The molecule has 0 unspecified atom stereocenters. The lowest BCUT2D eigenvalue weighted by Crippen LogP contribution is -2.42. The standard InChI is InChI=1S/C25H27ClN2O5/c1-16-24(25(30)33-15-18-6-3-4-8-21(18)31-2)20(17-9-10-22(26)27-13-17)12-23(29)28(16)14-19-7-5-11-32-19/h3-4,6,8-10,13,19-20H,5,7,11-12,14-15H2,1-2H3/t19-,20-/m1/s1. The molecule has 7 nitrogen and oxygen atoms in total. The molecule has 0 bridgehead atoms. The van der Waals surface area contributed by atoms with Crippen LogP contribution in [0.5, 0.6) is 5.75 Å². The fraction of sp³-hybridized carbons (Fsp3) is 0.400. The molecule has 1 amide bonds. The average Bonchev–Trinajstić information content (AvgIpc) is 3.34. The van der Waals surface area contributed by atoms with E-state index >= 15 is 0 Å². The Balaban J connectivity index is 1.64. The van der Waals surface area contributed by atoms with Crippen molar-refractivity contribution in [3.8, 4) is 5.75 Å². The minimum atomic E-state index is -0.469. The molecule has 0 N–H and O–H groups in total. The highest BCUT2D eigenvalue weighted by Crippen LogP contribution is 2.38. The monoisotopic (exact) mass is 470 g/mol. The van der Waals surface area contributed by atoms with Gasteiger partial charge in [-0.25, -0.2) is 9.78 Å². The zero-order valence-corrected chi connectivity index (χ0v) is 19.5. The van der Waals surface area contributed by atoms with Gasteiger partial charge in [0.15, 0.2) is 0 Å². The second-order valence-corrected chi connectivity index (χ2v) is 8.58. The molecule has 2 aromatic rings. The van der Waals surface area contributed by atoms with Gasteiger partial charge in [-0.3, -0.25) is 4.79 Å². The molecule has 8 heteroatoms. The molecule has 1 fully saturated rings. The number of benzene rings is 1. The van der Waals surface area contributed by atoms with Crippen LogP contribution in [-0.4, -0.2) is 48.1 Å². The number of carbonyl (C=O) groups excluding carboxylic acids is 2. The molecular formula is C25H27ClN2O5. The first-order valence-electron chi connectivity index (χ1n) is 11.0. The molecule has 174 valence electrons. The van der Waals surface area contributed by atoms with Crippen molar-refractivity contribution in [2.75, 3.05) is 20.3 Å². The van der Waals surface area contributed by atoms with Gasteiger partial charge in [0, 0.05) is 36.4 Å². The van der Waals surface area contributed by atoms with Gasteiger partial charge in [-0.1, -0.05) is 35.9 Å². The molecule has 33 heavy (non-hydrogen) atoms. The number of allylic oxidation sites excluding steroid dienone is 1. The van der Waals surface area contributed by atoms with Crippen LogP contribution in [0.4, 0.5) is 0 Å². The third kappa shape index (κ3) is 5.20. The number of halogens is 1. The van der Waals surface area contributed by atoms with Crippen molar-refractivity contribution in [3.05, 3.63) is 70.1 Å². The maximum atomic E-state index is 13.4. The first-order valence-corrected chi connectivity index (χ1v) is 11.4. The Morgan fingerprint density at radius 3 is 2.79 bits per heavy atom. The smallest absolute Gasteiger partial charge is 0.336 e. The third-order valence-electron chi connectivity index (χ3n) is 6.16. The Morgan fingerprint density at radius 2 is 2.09 bits per heavy atom. The van der Waals surface area contributed by atoms with Gasteiger partial charge in [-0.15, -0.1) is 0 Å². The Morgan fingerprint density at radius 1 is 1.27 bits per heavy atom. The normalized spacial score (nSPS) is 20.8. The second-order valence-electron chi connectivity index (χ2n) is 8.20. The fourth-order valence-electron chi connectivity index (χ4n) is 4.41. The number of aromatic nitrogens is 1. The molecule has 2 aliphatic heterocycles. The van der Waals surface area contributed by atoms with Crippen LogP contribution < -0.4 is 4.74 Å². The van der Waals surface area contributed by atoms with Crippen LogP contribution in [0.25, 0.3) is 0 Å². The van der Waals surface area contributed by atoms with Gasteiger partial charge in [0.1, 0.15) is 17.5 Å². The van der Waals surface area contributed by atoms with E-state index in [-0.39, 0.29) is 25.0 Å². The van der Waals surface area contributed by atoms with Gasteiger partial charge in [0.25, 0.3) is 0 Å². The summed E-state index contributed by atoms with van der Waals surface area (Å²) in [6, 6.07) is 10.8. The Hall–Kier alpha value is -2.90. The van der Waals surface area contributed by atoms with Gasteiger partial charge in [0.2, 0.25) is 5.91 Å². The predicted octanol–water partition coefficient (Wildman–Crippen LogP) is 4.26. The maximum absolute atomic E-state index is 13.4. The van der Waals surface area contributed by atoms with Crippen LogP contribution in [0.3, 0.4) is 0 Å². The zero-order valence-electron chi connectivity index (χ0n) is 18.8. The van der Waals surface area contributed by atoms with E-state index in [1.165, 1.54) is 0 Å². The summed E-state index contributed by atoms with van der Waals surface area (Å²) < 4.78 is 16.8. The van der Waals surface area contributed by atoms with Gasteiger partial charge in [0.05, 0.1) is 25.3 Å². The van der Waals surface area contributed by atoms with Crippen LogP contribution in [0.2, 0.25) is 5.15 Å². The fourth-order valence-corrected chi connectivity index (χ4v) is 4.53. The second kappa shape index (κ2) is 10.4. The molecule has 0 saturated carbocycles. The predicted molar refractivity (Wildman–Crippen MR) is 123 cm³/mol. The lowest BCUT2D eigenvalue weighted by atomic mass is 9.84. The molecule has 2 aliphatic rings. The number of ether oxygens (including phenoxy) is 3. The quantitative estimate of drug-likeness (QED) is 0.444. The summed E-state index contributed by atoms with van der Waals surface area (Å²) >= 11 is 5.96. The lowest BCUT2D eigenvalue weighted by Gasteiger charge is -2.35. The van der Waals surface area contributed by atoms with Crippen molar-refractivity contribution in [1.29, 1.82) is 0 Å². The number of methoxy groups -OCH3 is 1. The van der Waals surface area contributed by atoms with Gasteiger partial charge >= 0.3 is 5.97 Å². The summed E-state index contributed by atoms with van der Waals surface area (Å²) in [5.74, 6) is -0.339. The molecule has 0 spiro atoms. The summed E-state index contributed by atoms with van der Waals surface area (Å²) in [6.07, 6.45) is 3.60. The summed E-state index contributed by atoms with van der Waals surface area (Å²) in [5, 5.41) is 0.349. The van der Waals surface area contributed by atoms with Crippen molar-refractivity contribution in [2.24, 2.45) is 0 Å². The van der Waals surface area contributed by atoms with E-state index in [1.54, 1.807) is 37.3 Å². The van der Waals surface area contributed by atoms with Crippen LogP contribution in [-0.2, 0) is 25.7 Å². The van der Waals surface area contributed by atoms with Crippen LogP contribution in [0.15, 0.2) is 53.9 Å². The van der Waals surface area contributed by atoms with Crippen LogP contribution in [0, 0.1) is 0 Å². The number of pyridine rings is 1. The zero-order chi connectivity index (χ0) is 23.4. The molecule has 0 radical (unpaired) electrons. The SMILES string of the molecule is COc1ccccc1COC(=O)C1=C(C)N(C[C@H]2CCCO2)C(=O)C[C@@H]1c1ccc(Cl)nc1. The maximum Gasteiger partial charge on any atom is 0.336 e. The van der Waals surface area contributed by atoms with E-state index in [2.05, 4.69) is 4.98 Å². The Labute approximate surface area is 198 Å². The van der Waals surface area contributed by atoms with E-state index < -0.39 is 11.9 Å². The number of hydrogen-bond donors (Lipinski definition) is 0. The first-order chi connectivity index (χ1) is 16.0. The topological polar surface area (TPSA) is 78.0 Å². The summed E-state index contributed by atoms with van der Waals surface area (Å²) in [7, 11) is 1.58. The molecule has 1 saturated heterocycles. The molecular weight excluding hydrogens is 444 g/mol. The van der Waals surface area contributed by atoms with E-state index in [0.717, 1.165) is 24.0 Å². The molecule has 3 heterocycles. The highest BCUT2D eigenvalue weighted by Gasteiger charge is 2.38. The third-order valence-corrected chi connectivity index (χ3v) is 6.38. The summed E-state index contributed by atoms with van der Waals surface area (Å²) in [5.41, 5.74) is 2.55. The number of rotatable bonds is 7. The molecule has 4 rings (SSSR count). The van der Waals surface area contributed by atoms with Crippen molar-refractivity contribution < 1.29 is 23.8 Å². The number of hydrogen-bond acceptors (Lipinski definition) is 6. The minimum Gasteiger partial charge on any atom is -0.496 e. The largest absolute Gasteiger partial charge is 0.496 e. The van der Waals surface area contributed by atoms with Gasteiger partial charge < -0.3 is 19.1 Å². The Kier molecular flexibility index (Phi) is 7.30. The lowest BCUT2D eigenvalue weighted by molar-refractivity contribution is -0.141. The highest BCUT2D eigenvalue weighted by atomic mass is 35.5. The Bertz CT molecular complexity index is 1050. The number of para-hydroxylation sites is 1. The average molecular weight is 471 g/mol. The molecule has 0 aliphatic carbocycles. The highest BCUT2D eigenvalue weighted by molar-refractivity contribution is 6.29.